The van der Waals surface area contributed by atoms with Crippen molar-refractivity contribution in [1.29, 1.82) is 0 Å². The van der Waals surface area contributed by atoms with Crippen molar-refractivity contribution < 1.29 is 9.53 Å². The number of anilines is 1. The fourth-order valence-electron chi connectivity index (χ4n) is 2.18. The maximum absolute atomic E-state index is 12.7. The van der Waals surface area contributed by atoms with Gasteiger partial charge in [-0.05, 0) is 24.3 Å². The summed E-state index contributed by atoms with van der Waals surface area (Å²) in [6, 6.07) is 16.8. The number of hydrogen-bond acceptors (Lipinski definition) is 3. The lowest BCUT2D eigenvalue weighted by molar-refractivity contribution is -0.116. The van der Waals surface area contributed by atoms with Gasteiger partial charge in [-0.1, -0.05) is 62.2 Å². The number of halogens is 2. The number of amides is 1. The van der Waals surface area contributed by atoms with Gasteiger partial charge in [-0.25, -0.2) is 0 Å². The average Bonchev–Trinajstić information content (AvgIpc) is 2.79. The van der Waals surface area contributed by atoms with Crippen LogP contribution in [0.4, 0.5) is 5.69 Å². The number of hydrogen-bond donors (Lipinski definition) is 0. The monoisotopic (exact) mass is 422 g/mol. The molecule has 1 aliphatic heterocycles. The molecule has 1 heterocycles. The van der Waals surface area contributed by atoms with E-state index in [2.05, 4.69) is 37.0 Å². The van der Waals surface area contributed by atoms with Crippen molar-refractivity contribution >= 4 is 49.2 Å². The standard InChI is InChI=1S/C16H12Br2N2O2/c1-22-13-9-7-12(8-10-13)20-15(21)16(17,18)14(19-20)11-5-3-2-4-6-11/h2-10H,1H3. The summed E-state index contributed by atoms with van der Waals surface area (Å²) in [5, 5.41) is 5.86. The first-order valence-corrected chi connectivity index (χ1v) is 8.13. The third-order valence-electron chi connectivity index (χ3n) is 3.32. The minimum Gasteiger partial charge on any atom is -0.497 e. The van der Waals surface area contributed by atoms with Crippen molar-refractivity contribution in [2.24, 2.45) is 5.10 Å². The highest BCUT2D eigenvalue weighted by molar-refractivity contribution is 9.26. The summed E-state index contributed by atoms with van der Waals surface area (Å²) in [7, 11) is 1.60. The number of hydrazone groups is 1. The van der Waals surface area contributed by atoms with Crippen LogP contribution in [0.3, 0.4) is 0 Å². The Labute approximate surface area is 145 Å². The Morgan fingerprint density at radius 1 is 1.05 bits per heavy atom. The van der Waals surface area contributed by atoms with Crippen LogP contribution in [0.2, 0.25) is 0 Å². The van der Waals surface area contributed by atoms with Gasteiger partial charge in [-0.15, -0.1) is 0 Å². The fourth-order valence-corrected chi connectivity index (χ4v) is 3.13. The van der Waals surface area contributed by atoms with E-state index in [1.807, 2.05) is 30.3 Å². The van der Waals surface area contributed by atoms with E-state index in [1.54, 1.807) is 31.4 Å². The molecule has 0 bridgehead atoms. The minimum absolute atomic E-state index is 0.198. The second-order valence-corrected chi connectivity index (χ2v) is 8.15. The smallest absolute Gasteiger partial charge is 0.281 e. The van der Waals surface area contributed by atoms with Crippen LogP contribution < -0.4 is 9.75 Å². The Morgan fingerprint density at radius 3 is 2.27 bits per heavy atom. The van der Waals surface area contributed by atoms with Crippen LogP contribution in [-0.2, 0) is 4.79 Å². The lowest BCUT2D eigenvalue weighted by atomic mass is 10.1. The molecule has 0 N–H and O–H groups in total. The molecular weight excluding hydrogens is 412 g/mol. The van der Waals surface area contributed by atoms with Crippen LogP contribution in [0.5, 0.6) is 5.75 Å². The zero-order chi connectivity index (χ0) is 15.7. The molecule has 0 aliphatic carbocycles. The zero-order valence-corrected chi connectivity index (χ0v) is 14.8. The van der Waals surface area contributed by atoms with Crippen LogP contribution in [-0.4, -0.2) is 22.0 Å². The van der Waals surface area contributed by atoms with E-state index >= 15 is 0 Å². The third-order valence-corrected chi connectivity index (χ3v) is 4.75. The quantitative estimate of drug-likeness (QED) is 0.701. The van der Waals surface area contributed by atoms with Crippen LogP contribution in [0.15, 0.2) is 59.7 Å². The van der Waals surface area contributed by atoms with E-state index in [0.29, 0.717) is 11.4 Å². The molecule has 6 heteroatoms. The van der Waals surface area contributed by atoms with Gasteiger partial charge in [0.15, 0.2) is 0 Å². The molecule has 2 aromatic rings. The highest BCUT2D eigenvalue weighted by Crippen LogP contribution is 2.40. The topological polar surface area (TPSA) is 41.9 Å². The zero-order valence-electron chi connectivity index (χ0n) is 11.7. The van der Waals surface area contributed by atoms with Crippen LogP contribution in [0.1, 0.15) is 5.56 Å². The number of rotatable bonds is 3. The molecule has 0 saturated heterocycles. The summed E-state index contributed by atoms with van der Waals surface area (Å²) in [5.41, 5.74) is 2.18. The molecule has 0 atom stereocenters. The van der Waals surface area contributed by atoms with Crippen molar-refractivity contribution in [2.45, 2.75) is 3.23 Å². The molecule has 0 unspecified atom stereocenters. The van der Waals surface area contributed by atoms with E-state index < -0.39 is 3.23 Å². The highest BCUT2D eigenvalue weighted by atomic mass is 79.9. The van der Waals surface area contributed by atoms with Gasteiger partial charge in [0, 0.05) is 5.56 Å². The Kier molecular flexibility index (Phi) is 4.06. The lowest BCUT2D eigenvalue weighted by Gasteiger charge is -2.16. The van der Waals surface area contributed by atoms with Crippen LogP contribution in [0.25, 0.3) is 0 Å². The molecule has 1 aliphatic rings. The molecule has 0 spiro atoms. The Morgan fingerprint density at radius 2 is 1.68 bits per heavy atom. The summed E-state index contributed by atoms with van der Waals surface area (Å²) < 4.78 is 4.11. The van der Waals surface area contributed by atoms with Gasteiger partial charge in [0.2, 0.25) is 3.23 Å². The van der Waals surface area contributed by atoms with Gasteiger partial charge < -0.3 is 4.74 Å². The van der Waals surface area contributed by atoms with E-state index in [4.69, 9.17) is 4.74 Å². The number of alkyl halides is 2. The summed E-state index contributed by atoms with van der Waals surface area (Å²) in [4.78, 5) is 12.7. The number of ether oxygens (including phenoxy) is 1. The van der Waals surface area contributed by atoms with Crippen molar-refractivity contribution in [1.82, 2.24) is 0 Å². The molecule has 1 amide bonds. The minimum atomic E-state index is -1.03. The van der Waals surface area contributed by atoms with Gasteiger partial charge >= 0.3 is 0 Å². The number of benzene rings is 2. The molecule has 0 saturated carbocycles. The van der Waals surface area contributed by atoms with E-state index in [0.717, 1.165) is 11.3 Å². The molecule has 2 aromatic carbocycles. The fraction of sp³-hybridized carbons (Fsp3) is 0.125. The molecule has 0 aromatic heterocycles. The average molecular weight is 424 g/mol. The lowest BCUT2D eigenvalue weighted by Crippen LogP contribution is -2.35. The maximum atomic E-state index is 12.7. The molecule has 22 heavy (non-hydrogen) atoms. The highest BCUT2D eigenvalue weighted by Gasteiger charge is 2.48. The third kappa shape index (κ3) is 2.57. The Balaban J connectivity index is 2.02. The van der Waals surface area contributed by atoms with Gasteiger partial charge in [-0.3, -0.25) is 4.79 Å². The molecule has 0 radical (unpaired) electrons. The van der Waals surface area contributed by atoms with Gasteiger partial charge in [0.25, 0.3) is 5.91 Å². The van der Waals surface area contributed by atoms with E-state index in [-0.39, 0.29) is 5.91 Å². The number of methoxy groups -OCH3 is 1. The largest absolute Gasteiger partial charge is 0.497 e. The van der Waals surface area contributed by atoms with Crippen LogP contribution in [0, 0.1) is 0 Å². The van der Waals surface area contributed by atoms with Crippen molar-refractivity contribution in [2.75, 3.05) is 12.1 Å². The summed E-state index contributed by atoms with van der Waals surface area (Å²) in [5.74, 6) is 0.531. The van der Waals surface area contributed by atoms with E-state index in [9.17, 15) is 4.79 Å². The number of carbonyl (C=O) groups excluding carboxylic acids is 1. The van der Waals surface area contributed by atoms with Crippen molar-refractivity contribution in [3.05, 3.63) is 60.2 Å². The summed E-state index contributed by atoms with van der Waals surface area (Å²) >= 11 is 6.89. The second-order valence-electron chi connectivity index (χ2n) is 4.70. The second kappa shape index (κ2) is 5.85. The SMILES string of the molecule is COc1ccc(N2N=C(c3ccccc3)C(Br)(Br)C2=O)cc1. The molecule has 0 fully saturated rings. The Hall–Kier alpha value is -1.66. The Bertz CT molecular complexity index is 728. The van der Waals surface area contributed by atoms with Crippen molar-refractivity contribution in [3.63, 3.8) is 0 Å². The molecular formula is C16H12Br2N2O2. The summed E-state index contributed by atoms with van der Waals surface area (Å²) in [6.07, 6.45) is 0. The number of nitrogens with zero attached hydrogens (tertiary/aromatic N) is 2. The first-order valence-electron chi connectivity index (χ1n) is 6.55. The van der Waals surface area contributed by atoms with E-state index in [1.165, 1.54) is 5.01 Å². The molecule has 4 nitrogen and oxygen atoms in total. The molecule has 3 rings (SSSR count). The van der Waals surface area contributed by atoms with Crippen LogP contribution >= 0.6 is 31.9 Å². The predicted molar refractivity (Wildman–Crippen MR) is 94.0 cm³/mol. The van der Waals surface area contributed by atoms with Gasteiger partial charge in [0.1, 0.15) is 11.5 Å². The summed E-state index contributed by atoms with van der Waals surface area (Å²) in [6.45, 7) is 0. The predicted octanol–water partition coefficient (Wildman–Crippen LogP) is 3.93. The first-order chi connectivity index (χ1) is 10.5. The normalized spacial score (nSPS) is 16.6. The first kappa shape index (κ1) is 15.2. The molecule has 112 valence electrons. The van der Waals surface area contributed by atoms with Gasteiger partial charge in [-0.2, -0.15) is 10.1 Å². The van der Waals surface area contributed by atoms with Gasteiger partial charge in [0.05, 0.1) is 12.8 Å². The maximum Gasteiger partial charge on any atom is 0.281 e. The number of carbonyl (C=O) groups is 1. The van der Waals surface area contributed by atoms with Crippen molar-refractivity contribution in [3.8, 4) is 5.75 Å².